The Morgan fingerprint density at radius 3 is 1.42 bits per heavy atom. The Morgan fingerprint density at radius 1 is 0.240 bits per heavy atom. The molecule has 0 bridgehead atoms. The van der Waals surface area contributed by atoms with Crippen LogP contribution in [0.1, 0.15) is 0 Å². The van der Waals surface area contributed by atoms with Crippen molar-refractivity contribution in [2.75, 3.05) is 0 Å². The summed E-state index contributed by atoms with van der Waals surface area (Å²) in [5.41, 5.74) is 7.55. The summed E-state index contributed by atoms with van der Waals surface area (Å²) in [5, 5.41) is 13.0. The van der Waals surface area contributed by atoms with Crippen molar-refractivity contribution in [1.29, 1.82) is 0 Å². The van der Waals surface area contributed by atoms with Crippen LogP contribution < -0.4 is 0 Å². The summed E-state index contributed by atoms with van der Waals surface area (Å²) in [4.78, 5) is 0. The van der Waals surface area contributed by atoms with Crippen LogP contribution in [-0.2, 0) is 0 Å². The normalized spacial score (nSPS) is 12.0. The number of thiophene rings is 2. The molecule has 0 saturated heterocycles. The van der Waals surface area contributed by atoms with Gasteiger partial charge in [-0.25, -0.2) is 0 Å². The molecular weight excluding hydrogens is 641 g/mol. The molecule has 0 N–H and O–H groups in total. The summed E-state index contributed by atoms with van der Waals surface area (Å²) in [7, 11) is 0. The largest absolute Gasteiger partial charge is 0.135 e. The molecule has 0 nitrogen and oxygen atoms in total. The molecule has 9 aromatic carbocycles. The minimum Gasteiger partial charge on any atom is -0.135 e. The third-order valence-electron chi connectivity index (χ3n) is 10.4. The fourth-order valence-corrected chi connectivity index (χ4v) is 10.4. The van der Waals surface area contributed by atoms with Gasteiger partial charge in [-0.1, -0.05) is 127 Å². The highest BCUT2D eigenvalue weighted by molar-refractivity contribution is 7.27. The Kier molecular flexibility index (Phi) is 6.09. The Labute approximate surface area is 297 Å². The fraction of sp³-hybridized carbons (Fsp3) is 0. The van der Waals surface area contributed by atoms with E-state index in [2.05, 4.69) is 170 Å². The first-order valence-corrected chi connectivity index (χ1v) is 18.7. The lowest BCUT2D eigenvalue weighted by Crippen LogP contribution is -1.91. The molecule has 0 spiro atoms. The van der Waals surface area contributed by atoms with Crippen LogP contribution in [0.5, 0.6) is 0 Å². The maximum atomic E-state index is 2.45. The lowest BCUT2D eigenvalue weighted by Gasteiger charge is -2.18. The van der Waals surface area contributed by atoms with E-state index in [1.807, 2.05) is 22.7 Å². The van der Waals surface area contributed by atoms with Gasteiger partial charge in [0.05, 0.1) is 0 Å². The van der Waals surface area contributed by atoms with Crippen LogP contribution in [0.15, 0.2) is 170 Å². The van der Waals surface area contributed by atoms with E-state index in [-0.39, 0.29) is 0 Å². The first kappa shape index (κ1) is 28.1. The van der Waals surface area contributed by atoms with Gasteiger partial charge in [-0.3, -0.25) is 0 Å². The standard InChI is InChI=1S/C48H28S2/c1-2-11-30-24-32(21-20-29(30)10-1)31-12-9-13-33(25-31)47-36-15-3-5-17-38(36)48(39-18-6-4-16-37(39)47)34-22-23-44-40(26-34)42-28-45-41(27-46(42)50-44)35-14-7-8-19-43(35)49-45/h1-28H. The highest BCUT2D eigenvalue weighted by atomic mass is 32.1. The van der Waals surface area contributed by atoms with Gasteiger partial charge in [0, 0.05) is 40.3 Å². The van der Waals surface area contributed by atoms with Crippen LogP contribution >= 0.6 is 22.7 Å². The monoisotopic (exact) mass is 668 g/mol. The van der Waals surface area contributed by atoms with Crippen molar-refractivity contribution in [2.24, 2.45) is 0 Å². The molecule has 50 heavy (non-hydrogen) atoms. The molecule has 0 saturated carbocycles. The number of rotatable bonds is 3. The zero-order chi connectivity index (χ0) is 32.8. The maximum Gasteiger partial charge on any atom is 0.0362 e. The van der Waals surface area contributed by atoms with Gasteiger partial charge < -0.3 is 0 Å². The third-order valence-corrected chi connectivity index (χ3v) is 12.7. The van der Waals surface area contributed by atoms with Crippen LogP contribution in [0.2, 0.25) is 0 Å². The highest BCUT2D eigenvalue weighted by Gasteiger charge is 2.18. The molecule has 2 heterocycles. The number of hydrogen-bond donors (Lipinski definition) is 0. The third kappa shape index (κ3) is 4.23. The fourth-order valence-electron chi connectivity index (χ4n) is 8.12. The predicted molar refractivity (Wildman–Crippen MR) is 221 cm³/mol. The minimum atomic E-state index is 1.23. The minimum absolute atomic E-state index is 1.23. The van der Waals surface area contributed by atoms with Gasteiger partial charge in [0.2, 0.25) is 0 Å². The Hall–Kier alpha value is -5.80. The van der Waals surface area contributed by atoms with E-state index in [4.69, 9.17) is 0 Å². The second-order valence-corrected chi connectivity index (χ2v) is 15.4. The first-order chi connectivity index (χ1) is 24.8. The lowest BCUT2D eigenvalue weighted by molar-refractivity contribution is 1.63. The summed E-state index contributed by atoms with van der Waals surface area (Å²) in [6.07, 6.45) is 0. The van der Waals surface area contributed by atoms with Gasteiger partial charge in [-0.15, -0.1) is 22.7 Å². The zero-order valence-corrected chi connectivity index (χ0v) is 28.6. The molecule has 0 unspecified atom stereocenters. The van der Waals surface area contributed by atoms with Crippen molar-refractivity contribution in [3.8, 4) is 33.4 Å². The molecule has 11 rings (SSSR count). The van der Waals surface area contributed by atoms with E-state index in [0.717, 1.165) is 0 Å². The van der Waals surface area contributed by atoms with Crippen molar-refractivity contribution in [2.45, 2.75) is 0 Å². The van der Waals surface area contributed by atoms with Gasteiger partial charge in [-0.05, 0) is 108 Å². The molecule has 2 aromatic heterocycles. The van der Waals surface area contributed by atoms with E-state index in [1.165, 1.54) is 106 Å². The van der Waals surface area contributed by atoms with E-state index in [9.17, 15) is 0 Å². The summed E-state index contributed by atoms with van der Waals surface area (Å²) in [6.45, 7) is 0. The molecule has 0 aliphatic heterocycles. The van der Waals surface area contributed by atoms with Crippen LogP contribution in [0.4, 0.5) is 0 Å². The topological polar surface area (TPSA) is 0 Å². The number of fused-ring (bicyclic) bond motifs is 9. The average molecular weight is 669 g/mol. The second kappa shape index (κ2) is 10.9. The zero-order valence-electron chi connectivity index (χ0n) is 27.0. The molecule has 0 aliphatic carbocycles. The predicted octanol–water partition coefficient (Wildman–Crippen LogP) is 14.9. The average Bonchev–Trinajstić information content (AvgIpc) is 3.72. The summed E-state index contributed by atoms with van der Waals surface area (Å²) < 4.78 is 5.40. The summed E-state index contributed by atoms with van der Waals surface area (Å²) in [6, 6.07) is 63.2. The molecular formula is C48H28S2. The van der Waals surface area contributed by atoms with Crippen LogP contribution in [0.3, 0.4) is 0 Å². The summed E-state index contributed by atoms with van der Waals surface area (Å²) >= 11 is 3.80. The Morgan fingerprint density at radius 2 is 0.720 bits per heavy atom. The molecule has 11 aromatic rings. The van der Waals surface area contributed by atoms with Gasteiger partial charge in [0.25, 0.3) is 0 Å². The van der Waals surface area contributed by atoms with Gasteiger partial charge in [0.15, 0.2) is 0 Å². The number of hydrogen-bond acceptors (Lipinski definition) is 2. The molecule has 0 aliphatic rings. The van der Waals surface area contributed by atoms with Crippen LogP contribution in [0, 0.1) is 0 Å². The van der Waals surface area contributed by atoms with E-state index in [1.54, 1.807) is 0 Å². The molecule has 0 fully saturated rings. The molecule has 2 heteroatoms. The van der Waals surface area contributed by atoms with Crippen LogP contribution in [0.25, 0.3) is 106 Å². The van der Waals surface area contributed by atoms with Crippen molar-refractivity contribution < 1.29 is 0 Å². The smallest absolute Gasteiger partial charge is 0.0362 e. The van der Waals surface area contributed by atoms with Crippen molar-refractivity contribution in [3.05, 3.63) is 170 Å². The molecule has 0 atom stereocenters. The molecule has 232 valence electrons. The van der Waals surface area contributed by atoms with Gasteiger partial charge in [-0.2, -0.15) is 0 Å². The molecule has 0 radical (unpaired) electrons. The molecule has 0 amide bonds. The van der Waals surface area contributed by atoms with Gasteiger partial charge >= 0.3 is 0 Å². The number of benzene rings is 9. The Balaban J connectivity index is 1.13. The van der Waals surface area contributed by atoms with Gasteiger partial charge in [0.1, 0.15) is 0 Å². The van der Waals surface area contributed by atoms with E-state index in [0.29, 0.717) is 0 Å². The maximum absolute atomic E-state index is 2.45. The quantitative estimate of drug-likeness (QED) is 0.164. The van der Waals surface area contributed by atoms with Crippen molar-refractivity contribution >= 4 is 95.3 Å². The SMILES string of the molecule is c1cc(-c2ccc3ccccc3c2)cc(-c2c3ccccc3c(-c3ccc4sc5cc6c(cc5c4c3)sc3ccccc36)c3ccccc23)c1. The van der Waals surface area contributed by atoms with E-state index < -0.39 is 0 Å². The second-order valence-electron chi connectivity index (χ2n) is 13.2. The summed E-state index contributed by atoms with van der Waals surface area (Å²) in [5.74, 6) is 0. The van der Waals surface area contributed by atoms with Crippen molar-refractivity contribution in [1.82, 2.24) is 0 Å². The van der Waals surface area contributed by atoms with Crippen molar-refractivity contribution in [3.63, 3.8) is 0 Å². The Bertz CT molecular complexity index is 3100. The highest BCUT2D eigenvalue weighted by Crippen LogP contribution is 2.47. The van der Waals surface area contributed by atoms with Crippen LogP contribution in [-0.4, -0.2) is 0 Å². The van der Waals surface area contributed by atoms with E-state index >= 15 is 0 Å². The lowest BCUT2D eigenvalue weighted by atomic mass is 9.85. The first-order valence-electron chi connectivity index (χ1n) is 17.1.